The molecule has 1 heterocycles. The SMILES string of the molecule is c1cc(-c2ccc3ccccc3c2)cc(N(c2ccc(-c3ccc4c(c3)sc3ccccc34)cc2)c2ccccc2-c2cc3ccccc3c3ccccc23)c1. The molecule has 10 aromatic carbocycles. The average molecular weight is 730 g/mol. The van der Waals surface area contributed by atoms with E-state index in [1.54, 1.807) is 0 Å². The van der Waals surface area contributed by atoms with Gasteiger partial charge in [0.2, 0.25) is 0 Å². The van der Waals surface area contributed by atoms with E-state index in [1.807, 2.05) is 11.3 Å². The lowest BCUT2D eigenvalue weighted by Gasteiger charge is -2.29. The number of hydrogen-bond donors (Lipinski definition) is 0. The third-order valence-electron chi connectivity index (χ3n) is 11.2. The number of thiophene rings is 1. The molecule has 56 heavy (non-hydrogen) atoms. The van der Waals surface area contributed by atoms with Gasteiger partial charge in [0.1, 0.15) is 0 Å². The van der Waals surface area contributed by atoms with Gasteiger partial charge in [0.15, 0.2) is 0 Å². The second-order valence-corrected chi connectivity index (χ2v) is 15.6. The Morgan fingerprint density at radius 3 is 1.79 bits per heavy atom. The molecule has 0 atom stereocenters. The van der Waals surface area contributed by atoms with Crippen LogP contribution in [0, 0.1) is 0 Å². The number of nitrogens with zero attached hydrogens (tertiary/aromatic N) is 1. The largest absolute Gasteiger partial charge is 0.310 e. The highest BCUT2D eigenvalue weighted by molar-refractivity contribution is 7.25. The number of fused-ring (bicyclic) bond motifs is 7. The second-order valence-electron chi connectivity index (χ2n) is 14.5. The van der Waals surface area contributed by atoms with Crippen molar-refractivity contribution in [3.63, 3.8) is 0 Å². The highest BCUT2D eigenvalue weighted by atomic mass is 32.1. The van der Waals surface area contributed by atoms with E-state index >= 15 is 0 Å². The van der Waals surface area contributed by atoms with E-state index in [4.69, 9.17) is 0 Å². The van der Waals surface area contributed by atoms with Crippen LogP contribution in [0.3, 0.4) is 0 Å². The van der Waals surface area contributed by atoms with Crippen LogP contribution in [0.2, 0.25) is 0 Å². The third kappa shape index (κ3) is 5.54. The molecule has 0 N–H and O–H groups in total. The lowest BCUT2D eigenvalue weighted by atomic mass is 9.92. The van der Waals surface area contributed by atoms with E-state index < -0.39 is 0 Å². The summed E-state index contributed by atoms with van der Waals surface area (Å²) in [5, 5.41) is 10.2. The normalized spacial score (nSPS) is 11.6. The van der Waals surface area contributed by atoms with Gasteiger partial charge in [-0.25, -0.2) is 0 Å². The van der Waals surface area contributed by atoms with Gasteiger partial charge in [-0.15, -0.1) is 11.3 Å². The third-order valence-corrected chi connectivity index (χ3v) is 12.4. The Morgan fingerprint density at radius 1 is 0.286 bits per heavy atom. The molecule has 1 aromatic heterocycles. The van der Waals surface area contributed by atoms with E-state index in [1.165, 1.54) is 85.9 Å². The average Bonchev–Trinajstić information content (AvgIpc) is 3.65. The van der Waals surface area contributed by atoms with Crippen molar-refractivity contribution in [1.29, 1.82) is 0 Å². The fourth-order valence-corrected chi connectivity index (χ4v) is 9.65. The van der Waals surface area contributed by atoms with Crippen LogP contribution >= 0.6 is 11.3 Å². The fraction of sp³-hybridized carbons (Fsp3) is 0. The number of para-hydroxylation sites is 1. The predicted octanol–water partition coefficient (Wildman–Crippen LogP) is 16.0. The molecule has 0 aliphatic carbocycles. The van der Waals surface area contributed by atoms with Gasteiger partial charge in [-0.1, -0.05) is 158 Å². The lowest BCUT2D eigenvalue weighted by molar-refractivity contribution is 1.28. The van der Waals surface area contributed by atoms with Crippen LogP contribution in [0.5, 0.6) is 0 Å². The van der Waals surface area contributed by atoms with Gasteiger partial charge in [-0.2, -0.15) is 0 Å². The fourth-order valence-electron chi connectivity index (χ4n) is 8.50. The van der Waals surface area contributed by atoms with Crippen molar-refractivity contribution in [1.82, 2.24) is 0 Å². The van der Waals surface area contributed by atoms with Crippen molar-refractivity contribution in [2.75, 3.05) is 4.90 Å². The topological polar surface area (TPSA) is 3.24 Å². The molecular weight excluding hydrogens is 695 g/mol. The van der Waals surface area contributed by atoms with Crippen molar-refractivity contribution in [3.8, 4) is 33.4 Å². The summed E-state index contributed by atoms with van der Waals surface area (Å²) >= 11 is 1.87. The minimum absolute atomic E-state index is 1.10. The zero-order valence-corrected chi connectivity index (χ0v) is 31.4. The molecule has 0 bridgehead atoms. The molecule has 0 aliphatic heterocycles. The number of hydrogen-bond acceptors (Lipinski definition) is 2. The molecule has 0 fully saturated rings. The van der Waals surface area contributed by atoms with Crippen LogP contribution in [0.25, 0.3) is 85.9 Å². The Labute approximate surface area is 330 Å². The summed E-state index contributed by atoms with van der Waals surface area (Å²) in [6.07, 6.45) is 0. The highest BCUT2D eigenvalue weighted by Gasteiger charge is 2.20. The molecule has 0 saturated heterocycles. The van der Waals surface area contributed by atoms with Crippen molar-refractivity contribution < 1.29 is 0 Å². The van der Waals surface area contributed by atoms with Crippen LogP contribution < -0.4 is 4.90 Å². The summed E-state index contributed by atoms with van der Waals surface area (Å²) in [6.45, 7) is 0. The first-order chi connectivity index (χ1) is 27.7. The van der Waals surface area contributed by atoms with Gasteiger partial charge >= 0.3 is 0 Å². The van der Waals surface area contributed by atoms with Crippen LogP contribution in [-0.4, -0.2) is 0 Å². The molecule has 11 rings (SSSR count). The minimum Gasteiger partial charge on any atom is -0.310 e. The van der Waals surface area contributed by atoms with Crippen LogP contribution in [0.4, 0.5) is 17.1 Å². The monoisotopic (exact) mass is 729 g/mol. The van der Waals surface area contributed by atoms with Crippen molar-refractivity contribution in [3.05, 3.63) is 212 Å². The van der Waals surface area contributed by atoms with Gasteiger partial charge in [0, 0.05) is 37.1 Å². The van der Waals surface area contributed by atoms with Gasteiger partial charge in [0.05, 0.1) is 5.69 Å². The molecule has 1 nitrogen and oxygen atoms in total. The Kier molecular flexibility index (Phi) is 7.75. The Balaban J connectivity index is 1.08. The van der Waals surface area contributed by atoms with Crippen LogP contribution in [0.15, 0.2) is 212 Å². The molecule has 0 unspecified atom stereocenters. The molecule has 262 valence electrons. The highest BCUT2D eigenvalue weighted by Crippen LogP contribution is 2.45. The molecule has 0 radical (unpaired) electrons. The Morgan fingerprint density at radius 2 is 0.911 bits per heavy atom. The van der Waals surface area contributed by atoms with Gasteiger partial charge in [0.25, 0.3) is 0 Å². The van der Waals surface area contributed by atoms with Crippen molar-refractivity contribution >= 4 is 80.9 Å². The van der Waals surface area contributed by atoms with Gasteiger partial charge in [-0.05, 0) is 115 Å². The van der Waals surface area contributed by atoms with Crippen LogP contribution in [0.1, 0.15) is 0 Å². The maximum absolute atomic E-state index is 2.43. The summed E-state index contributed by atoms with van der Waals surface area (Å²) in [6, 6.07) is 77.9. The molecular formula is C54H35NS. The van der Waals surface area contributed by atoms with Crippen LogP contribution in [-0.2, 0) is 0 Å². The Bertz CT molecular complexity index is 3260. The number of rotatable bonds is 6. The molecule has 0 saturated carbocycles. The summed E-state index contributed by atoms with van der Waals surface area (Å²) in [5.74, 6) is 0. The van der Waals surface area contributed by atoms with E-state index in [2.05, 4.69) is 217 Å². The maximum Gasteiger partial charge on any atom is 0.0540 e. The number of benzene rings is 10. The summed E-state index contributed by atoms with van der Waals surface area (Å²) in [4.78, 5) is 2.43. The maximum atomic E-state index is 2.43. The van der Waals surface area contributed by atoms with Gasteiger partial charge in [-0.3, -0.25) is 0 Å². The molecule has 0 amide bonds. The van der Waals surface area contributed by atoms with E-state index in [0.717, 1.165) is 17.1 Å². The summed E-state index contributed by atoms with van der Waals surface area (Å²) in [7, 11) is 0. The zero-order chi connectivity index (χ0) is 37.0. The predicted molar refractivity (Wildman–Crippen MR) is 243 cm³/mol. The lowest BCUT2D eigenvalue weighted by Crippen LogP contribution is -2.11. The first-order valence-corrected chi connectivity index (χ1v) is 20.0. The zero-order valence-electron chi connectivity index (χ0n) is 30.6. The summed E-state index contributed by atoms with van der Waals surface area (Å²) in [5.41, 5.74) is 10.5. The van der Waals surface area contributed by atoms with E-state index in [0.29, 0.717) is 0 Å². The molecule has 0 aliphatic rings. The first kappa shape index (κ1) is 32.4. The second kappa shape index (κ2) is 13.4. The van der Waals surface area contributed by atoms with E-state index in [-0.39, 0.29) is 0 Å². The minimum atomic E-state index is 1.10. The molecule has 0 spiro atoms. The smallest absolute Gasteiger partial charge is 0.0540 e. The Hall–Kier alpha value is -7.00. The summed E-state index contributed by atoms with van der Waals surface area (Å²) < 4.78 is 2.64. The molecule has 11 aromatic rings. The standard InChI is InChI=1S/C54H35NS/c1-2-13-38-32-40(25-24-36(38)12-1)39-15-11-16-44(33-39)55(43-29-26-37(27-30-43)41-28-31-50-49-21-8-10-23-53(49)56-54(50)35-41)52-22-9-7-20-48(52)51-34-42-14-3-4-17-45(42)46-18-5-6-19-47(46)51/h1-35H. The van der Waals surface area contributed by atoms with Crippen molar-refractivity contribution in [2.45, 2.75) is 0 Å². The van der Waals surface area contributed by atoms with Gasteiger partial charge < -0.3 is 4.90 Å². The number of anilines is 3. The first-order valence-electron chi connectivity index (χ1n) is 19.2. The molecule has 2 heteroatoms. The van der Waals surface area contributed by atoms with Crippen molar-refractivity contribution in [2.24, 2.45) is 0 Å². The van der Waals surface area contributed by atoms with E-state index in [9.17, 15) is 0 Å². The quantitative estimate of drug-likeness (QED) is 0.154.